The summed E-state index contributed by atoms with van der Waals surface area (Å²) in [6, 6.07) is 13.4. The predicted octanol–water partition coefficient (Wildman–Crippen LogP) is 5.39. The van der Waals surface area contributed by atoms with Crippen LogP contribution in [0.1, 0.15) is 50.7 Å². The molecule has 2 fully saturated rings. The third-order valence-corrected chi connectivity index (χ3v) is 8.99. The Balaban J connectivity index is 1.59. The van der Waals surface area contributed by atoms with E-state index in [1.54, 1.807) is 19.2 Å². The molecule has 196 valence electrons. The van der Waals surface area contributed by atoms with Crippen molar-refractivity contribution < 1.29 is 19.1 Å². The maximum absolute atomic E-state index is 13.0. The van der Waals surface area contributed by atoms with E-state index >= 15 is 0 Å². The van der Waals surface area contributed by atoms with Gasteiger partial charge >= 0.3 is 0 Å². The van der Waals surface area contributed by atoms with Gasteiger partial charge in [0.1, 0.15) is 17.9 Å². The molecule has 1 unspecified atom stereocenters. The topological polar surface area (TPSA) is 58.6 Å². The van der Waals surface area contributed by atoms with E-state index < -0.39 is 11.0 Å². The van der Waals surface area contributed by atoms with Gasteiger partial charge in [0.15, 0.2) is 0 Å². The Morgan fingerprint density at radius 3 is 2.67 bits per heavy atom. The van der Waals surface area contributed by atoms with E-state index in [9.17, 15) is 9.90 Å². The first-order valence-corrected chi connectivity index (χ1v) is 13.7. The number of aliphatic hydroxyl groups is 1. The van der Waals surface area contributed by atoms with E-state index in [0.29, 0.717) is 35.3 Å². The number of hydrogen-bond acceptors (Lipinski definition) is 3. The lowest BCUT2D eigenvalue weighted by molar-refractivity contribution is -0.926. The number of carbonyl (C=O) groups is 1. The minimum atomic E-state index is -0.855. The average Bonchev–Trinajstić information content (AvgIpc) is 2.81. The van der Waals surface area contributed by atoms with Crippen LogP contribution in [-0.4, -0.2) is 60.9 Å². The van der Waals surface area contributed by atoms with E-state index in [1.807, 2.05) is 18.2 Å². The molecule has 2 aliphatic rings. The van der Waals surface area contributed by atoms with Gasteiger partial charge in [-0.25, -0.2) is 0 Å². The summed E-state index contributed by atoms with van der Waals surface area (Å²) >= 11 is 12.2. The van der Waals surface area contributed by atoms with Crippen LogP contribution in [0.4, 0.5) is 0 Å². The number of likely N-dealkylation sites (N-methyl/N-ethyl adjacent to an activating group) is 1. The Morgan fingerprint density at radius 1 is 1.19 bits per heavy atom. The molecule has 2 aromatic carbocycles. The Labute approximate surface area is 225 Å². The van der Waals surface area contributed by atoms with Crippen LogP contribution >= 0.6 is 23.2 Å². The zero-order valence-corrected chi connectivity index (χ0v) is 23.3. The van der Waals surface area contributed by atoms with Crippen LogP contribution in [-0.2, 0) is 16.6 Å². The van der Waals surface area contributed by atoms with Crippen molar-refractivity contribution >= 4 is 29.1 Å². The number of fused-ring (bicyclic) bond motifs is 1. The van der Waals surface area contributed by atoms with Crippen LogP contribution in [0.25, 0.3) is 0 Å². The second-order valence-corrected chi connectivity index (χ2v) is 12.4. The van der Waals surface area contributed by atoms with Gasteiger partial charge in [-0.1, -0.05) is 55.2 Å². The summed E-state index contributed by atoms with van der Waals surface area (Å²) in [4.78, 5) is 13.0. The van der Waals surface area contributed by atoms with Crippen molar-refractivity contribution in [1.82, 2.24) is 5.32 Å². The molecule has 1 saturated carbocycles. The van der Waals surface area contributed by atoms with Crippen LogP contribution in [0.5, 0.6) is 5.75 Å². The first kappa shape index (κ1) is 27.3. The summed E-state index contributed by atoms with van der Waals surface area (Å²) < 4.78 is 6.42. The van der Waals surface area contributed by atoms with Crippen LogP contribution in [0.2, 0.25) is 10.0 Å². The highest BCUT2D eigenvalue weighted by molar-refractivity contribution is 6.42. The Morgan fingerprint density at radius 2 is 1.97 bits per heavy atom. The zero-order valence-electron chi connectivity index (χ0n) is 21.8. The number of rotatable bonds is 7. The van der Waals surface area contributed by atoms with Crippen LogP contribution in [0, 0.1) is 5.92 Å². The van der Waals surface area contributed by atoms with Gasteiger partial charge in [-0.2, -0.15) is 0 Å². The molecule has 0 bridgehead atoms. The Kier molecular flexibility index (Phi) is 7.97. The number of benzene rings is 2. The lowest BCUT2D eigenvalue weighted by atomic mass is 9.54. The molecule has 36 heavy (non-hydrogen) atoms. The third kappa shape index (κ3) is 5.55. The number of carbonyl (C=O) groups excluding carboxylic acids is 1. The highest BCUT2D eigenvalue weighted by Gasteiger charge is 2.61. The van der Waals surface area contributed by atoms with Crippen molar-refractivity contribution in [3.63, 3.8) is 0 Å². The highest BCUT2D eigenvalue weighted by Crippen LogP contribution is 2.53. The van der Waals surface area contributed by atoms with Crippen molar-refractivity contribution in [1.29, 1.82) is 0 Å². The minimum absolute atomic E-state index is 0.0197. The number of ether oxygens (including phenoxy) is 1. The molecule has 1 saturated heterocycles. The zero-order chi connectivity index (χ0) is 26.1. The number of likely N-dealkylation sites (tertiary alicyclic amines) is 1. The number of piperidine rings is 1. The van der Waals surface area contributed by atoms with Crippen molar-refractivity contribution in [3.8, 4) is 5.75 Å². The van der Waals surface area contributed by atoms with Crippen molar-refractivity contribution in [2.45, 2.75) is 63.0 Å². The molecule has 0 radical (unpaired) electrons. The molecule has 1 aliphatic carbocycles. The first-order valence-electron chi connectivity index (χ1n) is 12.9. The maximum Gasteiger partial charge on any atom is 0.224 e. The van der Waals surface area contributed by atoms with Gasteiger partial charge in [-0.05, 0) is 54.7 Å². The lowest BCUT2D eigenvalue weighted by Crippen LogP contribution is -2.71. The number of amides is 1. The summed E-state index contributed by atoms with van der Waals surface area (Å²) in [5.41, 5.74) is 0.627. The molecule has 2 aromatic rings. The predicted molar refractivity (Wildman–Crippen MR) is 146 cm³/mol. The molecule has 0 spiro atoms. The van der Waals surface area contributed by atoms with Gasteiger partial charge in [-0.15, -0.1) is 0 Å². The minimum Gasteiger partial charge on any atom is -0.497 e. The molecular formula is C29H39Cl2N2O3+. The molecule has 1 heterocycles. The van der Waals surface area contributed by atoms with E-state index in [2.05, 4.69) is 38.3 Å². The third-order valence-electron chi connectivity index (χ3n) is 8.26. The van der Waals surface area contributed by atoms with Gasteiger partial charge in [0.05, 0.1) is 43.7 Å². The number of nitrogens with zero attached hydrogens (tertiary/aromatic N) is 1. The van der Waals surface area contributed by atoms with Crippen LogP contribution in [0.15, 0.2) is 42.5 Å². The Bertz CT molecular complexity index is 1110. The quantitative estimate of drug-likeness (QED) is 0.469. The van der Waals surface area contributed by atoms with Crippen LogP contribution < -0.4 is 10.1 Å². The standard InChI is InChI=1S/C29H38Cl2N2O3/c1-20(2)18-33(3)13-12-28(22-6-5-7-24(16-22)36-4)17-23(10-11-29(28,35)19-33)32-27(34)15-21-8-9-25(30)26(31)14-21/h5-9,14,16,20,23,35H,10-13,15,17-19H2,1-4H3/p+1/t23-,28+,29?,33-/m0/s1. The van der Waals surface area contributed by atoms with Gasteiger partial charge in [0.2, 0.25) is 5.91 Å². The number of halogens is 2. The summed E-state index contributed by atoms with van der Waals surface area (Å²) in [7, 11) is 3.95. The van der Waals surface area contributed by atoms with E-state index in [4.69, 9.17) is 27.9 Å². The fraction of sp³-hybridized carbons (Fsp3) is 0.552. The molecule has 5 nitrogen and oxygen atoms in total. The van der Waals surface area contributed by atoms with E-state index in [-0.39, 0.29) is 18.4 Å². The summed E-state index contributed by atoms with van der Waals surface area (Å²) in [5.74, 6) is 1.31. The number of hydrogen-bond donors (Lipinski definition) is 2. The molecule has 1 aliphatic heterocycles. The van der Waals surface area contributed by atoms with E-state index in [0.717, 1.165) is 47.3 Å². The molecule has 4 atom stereocenters. The van der Waals surface area contributed by atoms with Crippen molar-refractivity contribution in [3.05, 3.63) is 63.6 Å². The van der Waals surface area contributed by atoms with Gasteiger partial charge in [0.25, 0.3) is 0 Å². The number of methoxy groups -OCH3 is 1. The summed E-state index contributed by atoms with van der Waals surface area (Å²) in [6.07, 6.45) is 3.20. The van der Waals surface area contributed by atoms with Crippen molar-refractivity contribution in [2.24, 2.45) is 5.92 Å². The SMILES string of the molecule is COc1cccc([C@]23CC[N@@+](C)(CC(C)C)CC2(O)CC[C@H](NC(=O)Cc2ccc(Cl)c(Cl)c2)C3)c1. The molecular weight excluding hydrogens is 495 g/mol. The second-order valence-electron chi connectivity index (χ2n) is 11.6. The largest absolute Gasteiger partial charge is 0.497 e. The summed E-state index contributed by atoms with van der Waals surface area (Å²) in [5, 5.41) is 16.5. The Hall–Kier alpha value is -1.79. The normalized spacial score (nSPS) is 30.1. The smallest absolute Gasteiger partial charge is 0.224 e. The lowest BCUT2D eigenvalue weighted by Gasteiger charge is -2.60. The van der Waals surface area contributed by atoms with Crippen LogP contribution in [0.3, 0.4) is 0 Å². The second kappa shape index (κ2) is 10.5. The molecule has 7 heteroatoms. The number of quaternary nitrogens is 1. The summed E-state index contributed by atoms with van der Waals surface area (Å²) in [6.45, 7) is 7.24. The fourth-order valence-electron chi connectivity index (χ4n) is 6.83. The van der Waals surface area contributed by atoms with Crippen molar-refractivity contribution in [2.75, 3.05) is 33.8 Å². The van der Waals surface area contributed by atoms with Gasteiger partial charge in [-0.3, -0.25) is 4.79 Å². The maximum atomic E-state index is 13.0. The molecule has 0 aromatic heterocycles. The molecule has 2 N–H and O–H groups in total. The molecule has 4 rings (SSSR count). The first-order chi connectivity index (χ1) is 17.0. The molecule has 1 amide bonds. The average molecular weight is 535 g/mol. The van der Waals surface area contributed by atoms with Gasteiger partial charge in [0, 0.05) is 23.8 Å². The monoisotopic (exact) mass is 533 g/mol. The number of nitrogens with one attached hydrogen (secondary N) is 1. The van der Waals surface area contributed by atoms with E-state index in [1.165, 1.54) is 0 Å². The highest BCUT2D eigenvalue weighted by atomic mass is 35.5. The van der Waals surface area contributed by atoms with Gasteiger partial charge < -0.3 is 19.6 Å². The fourth-order valence-corrected chi connectivity index (χ4v) is 7.15.